The summed E-state index contributed by atoms with van der Waals surface area (Å²) in [5, 5.41) is 3.08. The maximum absolute atomic E-state index is 12.6. The number of anilines is 1. The lowest BCUT2D eigenvalue weighted by molar-refractivity contribution is -0.128. The van der Waals surface area contributed by atoms with Gasteiger partial charge in [0.05, 0.1) is 9.26 Å². The van der Waals surface area contributed by atoms with E-state index in [-0.39, 0.29) is 11.2 Å². The molecule has 1 aromatic rings. The van der Waals surface area contributed by atoms with Crippen LogP contribution in [0.5, 0.6) is 0 Å². The molecule has 0 bridgehead atoms. The van der Waals surface area contributed by atoms with Crippen molar-refractivity contribution in [2.75, 3.05) is 11.9 Å². The summed E-state index contributed by atoms with van der Waals surface area (Å²) in [6, 6.07) is 0. The van der Waals surface area contributed by atoms with Crippen molar-refractivity contribution in [3.05, 3.63) is 15.1 Å². The predicted octanol–water partition coefficient (Wildman–Crippen LogP) is 4.31. The summed E-state index contributed by atoms with van der Waals surface area (Å²) in [6.07, 6.45) is -4.53. The summed E-state index contributed by atoms with van der Waals surface area (Å²) >= 11 is 2.09. The number of hydrogen-bond acceptors (Lipinski definition) is 3. The Labute approximate surface area is 130 Å². The fraction of sp³-hybridized carbons (Fsp3) is 0.692. The number of nitrogens with zero attached hydrogens (tertiary/aromatic N) is 2. The van der Waals surface area contributed by atoms with Gasteiger partial charge in [0.25, 0.3) is 0 Å². The van der Waals surface area contributed by atoms with Crippen LogP contribution in [0, 0.1) is 3.57 Å². The van der Waals surface area contributed by atoms with Gasteiger partial charge < -0.3 is 5.32 Å². The third-order valence-electron chi connectivity index (χ3n) is 2.51. The van der Waals surface area contributed by atoms with Crippen LogP contribution in [0.15, 0.2) is 0 Å². The van der Waals surface area contributed by atoms with Gasteiger partial charge in [0.2, 0.25) is 0 Å². The van der Waals surface area contributed by atoms with E-state index in [1.165, 1.54) is 0 Å². The average molecular weight is 401 g/mol. The number of alkyl halides is 3. The first-order valence-corrected chi connectivity index (χ1v) is 7.50. The van der Waals surface area contributed by atoms with Gasteiger partial charge in [0.15, 0.2) is 0 Å². The lowest BCUT2D eigenvalue weighted by Gasteiger charge is -2.22. The van der Waals surface area contributed by atoms with Crippen LogP contribution in [0.3, 0.4) is 0 Å². The van der Waals surface area contributed by atoms with E-state index in [2.05, 4.69) is 37.9 Å². The third-order valence-corrected chi connectivity index (χ3v) is 3.53. The molecule has 7 heteroatoms. The second kappa shape index (κ2) is 6.44. The highest BCUT2D eigenvalue weighted by atomic mass is 127. The zero-order valence-electron chi connectivity index (χ0n) is 12.0. The molecule has 0 aliphatic heterocycles. The zero-order valence-corrected chi connectivity index (χ0v) is 14.2. The summed E-state index contributed by atoms with van der Waals surface area (Å²) in [6.45, 7) is 8.44. The molecule has 114 valence electrons. The molecule has 3 nitrogen and oxygen atoms in total. The molecule has 0 amide bonds. The molecular weight excluding hydrogens is 382 g/mol. The van der Waals surface area contributed by atoms with E-state index in [1.54, 1.807) is 0 Å². The largest absolute Gasteiger partial charge is 0.396 e. The molecule has 20 heavy (non-hydrogen) atoms. The molecule has 0 fully saturated rings. The minimum Gasteiger partial charge on any atom is -0.369 e. The molecular formula is C13H19F3IN3. The Morgan fingerprint density at radius 3 is 2.20 bits per heavy atom. The van der Waals surface area contributed by atoms with Gasteiger partial charge in [-0.05, 0) is 29.0 Å². The second-order valence-corrected chi connectivity index (χ2v) is 6.70. The van der Waals surface area contributed by atoms with Crippen LogP contribution in [0.1, 0.15) is 45.6 Å². The van der Waals surface area contributed by atoms with Gasteiger partial charge in [0, 0.05) is 12.0 Å². The maximum Gasteiger partial charge on any atom is 0.396 e. The highest BCUT2D eigenvalue weighted by Gasteiger charge is 2.31. The smallest absolute Gasteiger partial charge is 0.369 e. The van der Waals surface area contributed by atoms with E-state index < -0.39 is 12.6 Å². The topological polar surface area (TPSA) is 37.8 Å². The summed E-state index contributed by atoms with van der Waals surface area (Å²) in [7, 11) is 0. The first-order chi connectivity index (χ1) is 9.04. The molecule has 1 N–H and O–H groups in total. The predicted molar refractivity (Wildman–Crippen MR) is 82.0 cm³/mol. The van der Waals surface area contributed by atoms with Gasteiger partial charge in [-0.1, -0.05) is 27.7 Å². The van der Waals surface area contributed by atoms with Crippen LogP contribution in [-0.2, 0) is 11.8 Å². The average Bonchev–Trinajstić information content (AvgIpc) is 2.26. The maximum atomic E-state index is 12.6. The summed E-state index contributed by atoms with van der Waals surface area (Å²) < 4.78 is 38.4. The number of rotatable bonds is 4. The molecule has 0 aliphatic rings. The number of halogens is 4. The van der Waals surface area contributed by atoms with Crippen molar-refractivity contribution in [3.63, 3.8) is 0 Å². The normalized spacial score (nSPS) is 12.6. The van der Waals surface area contributed by atoms with E-state index >= 15 is 0 Å². The summed E-state index contributed by atoms with van der Waals surface area (Å²) in [5.41, 5.74) is 0.314. The number of nitrogens with one attached hydrogen (secondary N) is 1. The first kappa shape index (κ1) is 17.5. The molecule has 0 spiro atoms. The Balaban J connectivity index is 3.26. The quantitative estimate of drug-likeness (QED) is 0.765. The Kier molecular flexibility index (Phi) is 5.62. The van der Waals surface area contributed by atoms with Crippen molar-refractivity contribution >= 4 is 28.4 Å². The zero-order chi connectivity index (χ0) is 15.6. The van der Waals surface area contributed by atoms with E-state index in [1.807, 2.05) is 27.7 Å². The van der Waals surface area contributed by atoms with Crippen LogP contribution in [0.2, 0.25) is 0 Å². The summed E-state index contributed by atoms with van der Waals surface area (Å²) in [4.78, 5) is 8.14. The van der Waals surface area contributed by atoms with Gasteiger partial charge in [-0.3, -0.25) is 0 Å². The highest BCUT2D eigenvalue weighted by molar-refractivity contribution is 14.1. The molecule has 1 rings (SSSR count). The van der Waals surface area contributed by atoms with Gasteiger partial charge in [-0.2, -0.15) is 13.2 Å². The van der Waals surface area contributed by atoms with Crippen molar-refractivity contribution < 1.29 is 13.2 Å². The molecule has 0 unspecified atom stereocenters. The van der Waals surface area contributed by atoms with Crippen LogP contribution in [-0.4, -0.2) is 22.7 Å². The molecule has 0 radical (unpaired) electrons. The molecule has 1 aromatic heterocycles. The van der Waals surface area contributed by atoms with Crippen molar-refractivity contribution in [2.45, 2.75) is 52.1 Å². The van der Waals surface area contributed by atoms with Crippen LogP contribution in [0.25, 0.3) is 0 Å². The molecule has 0 atom stereocenters. The van der Waals surface area contributed by atoms with E-state index in [9.17, 15) is 13.2 Å². The molecule has 1 heterocycles. The standard InChI is InChI=1S/C13H19F3IN3/c1-5-6-18-11-9(17)10(12(2,3)4)19-8(20-11)7-13(14,15)16/h5-7H2,1-4H3,(H,18,19,20). The number of aromatic nitrogens is 2. The fourth-order valence-corrected chi connectivity index (χ4v) is 2.85. The SMILES string of the molecule is CCCNc1nc(CC(F)(F)F)nc(C(C)(C)C)c1I. The fourth-order valence-electron chi connectivity index (χ4n) is 1.61. The minimum atomic E-state index is -4.30. The van der Waals surface area contributed by atoms with Crippen LogP contribution < -0.4 is 5.32 Å². The van der Waals surface area contributed by atoms with Crippen molar-refractivity contribution in [3.8, 4) is 0 Å². The Morgan fingerprint density at radius 2 is 1.75 bits per heavy atom. The molecule has 0 saturated carbocycles. The second-order valence-electron chi connectivity index (χ2n) is 5.62. The Morgan fingerprint density at radius 1 is 1.15 bits per heavy atom. The van der Waals surface area contributed by atoms with Crippen molar-refractivity contribution in [1.82, 2.24) is 9.97 Å². The van der Waals surface area contributed by atoms with Crippen LogP contribution in [0.4, 0.5) is 19.0 Å². The van der Waals surface area contributed by atoms with E-state index in [0.717, 1.165) is 9.99 Å². The summed E-state index contributed by atoms with van der Waals surface area (Å²) in [5.74, 6) is 0.313. The monoisotopic (exact) mass is 401 g/mol. The lowest BCUT2D eigenvalue weighted by Crippen LogP contribution is -2.22. The van der Waals surface area contributed by atoms with Gasteiger partial charge >= 0.3 is 6.18 Å². The van der Waals surface area contributed by atoms with Gasteiger partial charge in [0.1, 0.15) is 18.1 Å². The first-order valence-electron chi connectivity index (χ1n) is 6.42. The molecule has 0 aromatic carbocycles. The Bertz CT molecular complexity index is 467. The van der Waals surface area contributed by atoms with Crippen molar-refractivity contribution in [1.29, 1.82) is 0 Å². The van der Waals surface area contributed by atoms with Crippen molar-refractivity contribution in [2.24, 2.45) is 0 Å². The highest BCUT2D eigenvalue weighted by Crippen LogP contribution is 2.30. The molecule has 0 aliphatic carbocycles. The van der Waals surface area contributed by atoms with Crippen LogP contribution >= 0.6 is 22.6 Å². The minimum absolute atomic E-state index is 0.179. The van der Waals surface area contributed by atoms with Gasteiger partial charge in [-0.15, -0.1) is 0 Å². The number of hydrogen-bond donors (Lipinski definition) is 1. The van der Waals surface area contributed by atoms with E-state index in [4.69, 9.17) is 0 Å². The lowest BCUT2D eigenvalue weighted by atomic mass is 9.92. The van der Waals surface area contributed by atoms with Gasteiger partial charge in [-0.25, -0.2) is 9.97 Å². The third kappa shape index (κ3) is 5.06. The molecule has 0 saturated heterocycles. The van der Waals surface area contributed by atoms with E-state index in [0.29, 0.717) is 18.1 Å². The Hall–Kier alpha value is -0.600.